The highest BCUT2D eigenvalue weighted by molar-refractivity contribution is 7.28. The molecule has 1 aliphatic rings. The van der Waals surface area contributed by atoms with Crippen LogP contribution in [0.4, 0.5) is 20.2 Å². The highest BCUT2D eigenvalue weighted by Crippen LogP contribution is 2.41. The Labute approximate surface area is 227 Å². The number of hydrogen-bond donors (Lipinski definition) is 4. The lowest BCUT2D eigenvalue weighted by Gasteiger charge is -2.36. The fourth-order valence-electron chi connectivity index (χ4n) is 5.15. The molecule has 3 aromatic rings. The van der Waals surface area contributed by atoms with Gasteiger partial charge in [0.1, 0.15) is 17.8 Å². The standard InChI is InChI=1S/C28H31F2N4O4P/c1-13-6-14(7-22(36)17(13)12-35)16-4-5-32-11-21(16)33-27(37)26-20(31)10-19(30)25(34-26)24-18(29)8-15(9-23(24)39)28(2,3)38/h4-5,8-14,17,22,36,38H,6-7,31,39H2,1-3H3,(H,33,37). The van der Waals surface area contributed by atoms with Crippen molar-refractivity contribution in [3.8, 4) is 11.3 Å². The molecule has 0 saturated heterocycles. The van der Waals surface area contributed by atoms with E-state index in [2.05, 4.69) is 24.5 Å². The van der Waals surface area contributed by atoms with Crippen LogP contribution in [0.3, 0.4) is 0 Å². The van der Waals surface area contributed by atoms with Crippen molar-refractivity contribution in [3.63, 3.8) is 0 Å². The number of nitrogens with zero attached hydrogens (tertiary/aromatic N) is 2. The van der Waals surface area contributed by atoms with Gasteiger partial charge < -0.3 is 26.1 Å². The van der Waals surface area contributed by atoms with E-state index < -0.39 is 40.9 Å². The van der Waals surface area contributed by atoms with Gasteiger partial charge in [0.05, 0.1) is 29.3 Å². The zero-order valence-electron chi connectivity index (χ0n) is 21.8. The Hall–Kier alpha value is -3.33. The molecule has 8 nitrogen and oxygen atoms in total. The number of halogens is 2. The van der Waals surface area contributed by atoms with Crippen molar-refractivity contribution in [1.29, 1.82) is 0 Å². The van der Waals surface area contributed by atoms with Crippen LogP contribution in [0.5, 0.6) is 0 Å². The molecule has 2 aromatic heterocycles. The second-order valence-corrected chi connectivity index (χ2v) is 11.2. The van der Waals surface area contributed by atoms with Gasteiger partial charge >= 0.3 is 0 Å². The molecule has 1 amide bonds. The Balaban J connectivity index is 1.68. The summed E-state index contributed by atoms with van der Waals surface area (Å²) in [6.07, 6.45) is 3.93. The predicted octanol–water partition coefficient (Wildman–Crippen LogP) is 3.67. The average Bonchev–Trinajstić information content (AvgIpc) is 2.84. The molecular weight excluding hydrogens is 525 g/mol. The molecule has 39 heavy (non-hydrogen) atoms. The van der Waals surface area contributed by atoms with Crippen molar-refractivity contribution in [2.75, 3.05) is 11.1 Å². The van der Waals surface area contributed by atoms with E-state index in [4.69, 9.17) is 5.73 Å². The van der Waals surface area contributed by atoms with Crippen LogP contribution in [0, 0.1) is 23.5 Å². The Morgan fingerprint density at radius 2 is 1.95 bits per heavy atom. The molecule has 0 bridgehead atoms. The number of hydrogen-bond acceptors (Lipinski definition) is 7. The van der Waals surface area contributed by atoms with Gasteiger partial charge in [-0.05, 0) is 73.2 Å². The molecule has 5 N–H and O–H groups in total. The van der Waals surface area contributed by atoms with Crippen molar-refractivity contribution in [2.24, 2.45) is 11.8 Å². The van der Waals surface area contributed by atoms with E-state index in [0.29, 0.717) is 18.5 Å². The molecule has 11 heteroatoms. The molecule has 0 radical (unpaired) electrons. The molecular formula is C28H31F2N4O4P. The number of amides is 1. The smallest absolute Gasteiger partial charge is 0.276 e. The quantitative estimate of drug-likeness (QED) is 0.268. The SMILES string of the molecule is CC1CC(c2ccncc2NC(=O)c2nc(-c3c(F)cc(C(C)(C)O)cc3P)c(F)cc2N)CC(O)C1C=O. The van der Waals surface area contributed by atoms with Crippen LogP contribution in [0.15, 0.2) is 36.7 Å². The number of carbonyl (C=O) groups excluding carboxylic acids is 2. The minimum atomic E-state index is -1.33. The van der Waals surface area contributed by atoms with Crippen molar-refractivity contribution >= 4 is 38.1 Å². The van der Waals surface area contributed by atoms with E-state index in [9.17, 15) is 24.2 Å². The summed E-state index contributed by atoms with van der Waals surface area (Å²) in [4.78, 5) is 32.9. The molecule has 1 saturated carbocycles. The number of aliphatic hydroxyl groups excluding tert-OH is 1. The third kappa shape index (κ3) is 5.83. The van der Waals surface area contributed by atoms with Gasteiger partial charge in [-0.15, -0.1) is 9.24 Å². The van der Waals surface area contributed by atoms with Crippen molar-refractivity contribution in [3.05, 3.63) is 65.1 Å². The number of nitrogens with one attached hydrogen (secondary N) is 1. The maximum Gasteiger partial charge on any atom is 0.276 e. The molecule has 1 aliphatic carbocycles. The number of aliphatic hydroxyl groups is 2. The predicted molar refractivity (Wildman–Crippen MR) is 147 cm³/mol. The van der Waals surface area contributed by atoms with Gasteiger partial charge in [-0.1, -0.05) is 6.92 Å². The van der Waals surface area contributed by atoms with Crippen LogP contribution in [0.1, 0.15) is 61.1 Å². The van der Waals surface area contributed by atoms with Gasteiger partial charge in [-0.3, -0.25) is 9.78 Å². The van der Waals surface area contributed by atoms with Crippen LogP contribution in [0.2, 0.25) is 0 Å². The third-order valence-electron chi connectivity index (χ3n) is 7.27. The summed E-state index contributed by atoms with van der Waals surface area (Å²) in [5, 5.41) is 23.7. The molecule has 206 valence electrons. The fraction of sp³-hybridized carbons (Fsp3) is 0.357. The molecule has 0 spiro atoms. The van der Waals surface area contributed by atoms with Crippen molar-refractivity contribution in [1.82, 2.24) is 9.97 Å². The van der Waals surface area contributed by atoms with Gasteiger partial charge in [0.15, 0.2) is 11.5 Å². The Morgan fingerprint density at radius 1 is 1.23 bits per heavy atom. The number of rotatable bonds is 6. The van der Waals surface area contributed by atoms with Gasteiger partial charge in [0, 0.05) is 23.7 Å². The summed E-state index contributed by atoms with van der Waals surface area (Å²) in [6.45, 7) is 4.89. The molecule has 5 atom stereocenters. The summed E-state index contributed by atoms with van der Waals surface area (Å²) in [5.41, 5.74) is 4.84. The monoisotopic (exact) mass is 556 g/mol. The summed E-state index contributed by atoms with van der Waals surface area (Å²) in [6, 6.07) is 5.23. The maximum absolute atomic E-state index is 15.1. The molecule has 1 fully saturated rings. The van der Waals surface area contributed by atoms with Crippen molar-refractivity contribution in [2.45, 2.75) is 51.2 Å². The molecule has 1 aromatic carbocycles. The molecule has 2 heterocycles. The lowest BCUT2D eigenvalue weighted by atomic mass is 9.71. The van der Waals surface area contributed by atoms with Crippen LogP contribution in [0.25, 0.3) is 11.3 Å². The highest BCUT2D eigenvalue weighted by atomic mass is 31.0. The number of pyridine rings is 2. The van der Waals surface area contributed by atoms with E-state index in [0.717, 1.165) is 24.0 Å². The van der Waals surface area contributed by atoms with Gasteiger partial charge in [-0.2, -0.15) is 0 Å². The largest absolute Gasteiger partial charge is 0.397 e. The normalized spacial score (nSPS) is 21.4. The number of anilines is 2. The van der Waals surface area contributed by atoms with Crippen LogP contribution in [-0.4, -0.2) is 38.5 Å². The number of benzene rings is 1. The minimum Gasteiger partial charge on any atom is -0.397 e. The second-order valence-electron chi connectivity index (χ2n) is 10.6. The van der Waals surface area contributed by atoms with Gasteiger partial charge in [0.25, 0.3) is 5.91 Å². The van der Waals surface area contributed by atoms with Gasteiger partial charge in [-0.25, -0.2) is 13.8 Å². The first-order valence-corrected chi connectivity index (χ1v) is 13.1. The van der Waals surface area contributed by atoms with Crippen LogP contribution in [-0.2, 0) is 10.4 Å². The first kappa shape index (κ1) is 28.7. The summed E-state index contributed by atoms with van der Waals surface area (Å²) in [7, 11) is 2.30. The zero-order chi connectivity index (χ0) is 28.6. The lowest BCUT2D eigenvalue weighted by molar-refractivity contribution is -0.118. The first-order chi connectivity index (χ1) is 18.3. The fourth-order valence-corrected chi connectivity index (χ4v) is 5.60. The van der Waals surface area contributed by atoms with E-state index in [1.165, 1.54) is 26.1 Å². The van der Waals surface area contributed by atoms with E-state index in [1.54, 1.807) is 12.3 Å². The van der Waals surface area contributed by atoms with Crippen molar-refractivity contribution < 1.29 is 28.6 Å². The number of aromatic nitrogens is 2. The summed E-state index contributed by atoms with van der Waals surface area (Å²) < 4.78 is 30.1. The molecule has 0 aliphatic heterocycles. The van der Waals surface area contributed by atoms with E-state index >= 15 is 4.39 Å². The summed E-state index contributed by atoms with van der Waals surface area (Å²) in [5.74, 6) is -3.17. The average molecular weight is 557 g/mol. The molecule has 4 rings (SSSR count). The van der Waals surface area contributed by atoms with E-state index in [1.807, 2.05) is 6.92 Å². The Bertz CT molecular complexity index is 1390. The number of nitrogens with two attached hydrogens (primary N) is 1. The summed E-state index contributed by atoms with van der Waals surface area (Å²) >= 11 is 0. The minimum absolute atomic E-state index is 0.0660. The second kappa shape index (κ2) is 11.0. The van der Waals surface area contributed by atoms with E-state index in [-0.39, 0.29) is 39.6 Å². The number of carbonyl (C=O) groups is 2. The molecule has 5 unspecified atom stereocenters. The van der Waals surface area contributed by atoms with Crippen LogP contribution >= 0.6 is 9.24 Å². The zero-order valence-corrected chi connectivity index (χ0v) is 22.9. The topological polar surface area (TPSA) is 138 Å². The number of nitrogen functional groups attached to an aromatic ring is 1. The van der Waals surface area contributed by atoms with Gasteiger partial charge in [0.2, 0.25) is 0 Å². The lowest BCUT2D eigenvalue weighted by Crippen LogP contribution is -2.35. The Morgan fingerprint density at radius 3 is 2.56 bits per heavy atom. The number of aldehydes is 1. The highest BCUT2D eigenvalue weighted by Gasteiger charge is 2.36. The third-order valence-corrected chi connectivity index (χ3v) is 7.72. The maximum atomic E-state index is 15.1. The first-order valence-electron chi connectivity index (χ1n) is 12.5. The Kier molecular flexibility index (Phi) is 8.12. The van der Waals surface area contributed by atoms with Crippen LogP contribution < -0.4 is 16.4 Å².